The molecule has 0 bridgehead atoms. The van der Waals surface area contributed by atoms with Gasteiger partial charge in [-0.05, 0) is 43.5 Å². The number of anilines is 2. The van der Waals surface area contributed by atoms with Crippen LogP contribution in [0.2, 0.25) is 0 Å². The number of aryl methyl sites for hydroxylation is 1. The fraction of sp³-hybridized carbons (Fsp3) is 0.217. The molecule has 1 aromatic heterocycles. The summed E-state index contributed by atoms with van der Waals surface area (Å²) in [6, 6.07) is 19.6. The molecule has 2 N–H and O–H groups in total. The van der Waals surface area contributed by atoms with E-state index in [9.17, 15) is 4.79 Å². The number of pyridine rings is 1. The fourth-order valence-corrected chi connectivity index (χ4v) is 2.88. The zero-order valence-corrected chi connectivity index (χ0v) is 16.0. The first kappa shape index (κ1) is 19.4. The summed E-state index contributed by atoms with van der Waals surface area (Å²) in [5.74, 6) is 0.439. The molecule has 0 atom stereocenters. The standard InChI is InChI=1S/C23H25N3O2/c1-2-28-22-13-7-6-12-21(22)26-23(27)19-15-20(17-24-16-19)25-14-8-11-18-9-4-3-5-10-18/h3-7,9-10,12-13,15-17,25H,2,8,11,14H2,1H3,(H,26,27). The smallest absolute Gasteiger partial charge is 0.257 e. The summed E-state index contributed by atoms with van der Waals surface area (Å²) in [4.78, 5) is 16.8. The molecule has 5 heteroatoms. The lowest BCUT2D eigenvalue weighted by Gasteiger charge is -2.12. The predicted octanol–water partition coefficient (Wildman–Crippen LogP) is 4.78. The van der Waals surface area contributed by atoms with Gasteiger partial charge in [-0.1, -0.05) is 42.5 Å². The number of aromatic nitrogens is 1. The topological polar surface area (TPSA) is 63.2 Å². The number of benzene rings is 2. The van der Waals surface area contributed by atoms with E-state index >= 15 is 0 Å². The Hall–Kier alpha value is -3.34. The molecule has 144 valence electrons. The van der Waals surface area contributed by atoms with E-state index in [0.29, 0.717) is 23.6 Å². The Bertz CT molecular complexity index is 897. The monoisotopic (exact) mass is 375 g/mol. The Morgan fingerprint density at radius 1 is 1.04 bits per heavy atom. The Labute approximate surface area is 165 Å². The first-order valence-electron chi connectivity index (χ1n) is 9.52. The second-order valence-corrected chi connectivity index (χ2v) is 6.36. The SMILES string of the molecule is CCOc1ccccc1NC(=O)c1cncc(NCCCc2ccccc2)c1. The van der Waals surface area contributed by atoms with Gasteiger partial charge in [-0.15, -0.1) is 0 Å². The van der Waals surface area contributed by atoms with Crippen LogP contribution >= 0.6 is 0 Å². The van der Waals surface area contributed by atoms with Crippen molar-refractivity contribution in [2.24, 2.45) is 0 Å². The van der Waals surface area contributed by atoms with Crippen LogP contribution in [0.25, 0.3) is 0 Å². The molecule has 0 fully saturated rings. The van der Waals surface area contributed by atoms with Gasteiger partial charge < -0.3 is 15.4 Å². The van der Waals surface area contributed by atoms with Gasteiger partial charge in [-0.3, -0.25) is 9.78 Å². The van der Waals surface area contributed by atoms with E-state index in [1.54, 1.807) is 12.4 Å². The highest BCUT2D eigenvalue weighted by Crippen LogP contribution is 2.24. The van der Waals surface area contributed by atoms with E-state index in [2.05, 4.69) is 39.9 Å². The number of carbonyl (C=O) groups is 1. The molecule has 0 radical (unpaired) electrons. The van der Waals surface area contributed by atoms with E-state index < -0.39 is 0 Å². The van der Waals surface area contributed by atoms with Crippen molar-refractivity contribution in [1.29, 1.82) is 0 Å². The van der Waals surface area contributed by atoms with Crippen LogP contribution in [0.4, 0.5) is 11.4 Å². The first-order chi connectivity index (χ1) is 13.8. The van der Waals surface area contributed by atoms with Crippen molar-refractivity contribution in [3.63, 3.8) is 0 Å². The van der Waals surface area contributed by atoms with Crippen LogP contribution in [0.1, 0.15) is 29.3 Å². The minimum Gasteiger partial charge on any atom is -0.492 e. The second kappa shape index (κ2) is 10.1. The maximum atomic E-state index is 12.6. The van der Waals surface area contributed by atoms with E-state index in [1.165, 1.54) is 5.56 Å². The maximum Gasteiger partial charge on any atom is 0.257 e. The summed E-state index contributed by atoms with van der Waals surface area (Å²) in [6.45, 7) is 3.26. The van der Waals surface area contributed by atoms with Crippen LogP contribution < -0.4 is 15.4 Å². The highest BCUT2D eigenvalue weighted by molar-refractivity contribution is 6.05. The minimum atomic E-state index is -0.215. The van der Waals surface area contributed by atoms with Crippen molar-refractivity contribution in [3.8, 4) is 5.75 Å². The van der Waals surface area contributed by atoms with E-state index in [0.717, 1.165) is 25.1 Å². The molecule has 3 aromatic rings. The number of para-hydroxylation sites is 2. The molecule has 1 amide bonds. The van der Waals surface area contributed by atoms with Gasteiger partial charge in [0.25, 0.3) is 5.91 Å². The van der Waals surface area contributed by atoms with Gasteiger partial charge in [0.1, 0.15) is 5.75 Å². The molecular weight excluding hydrogens is 350 g/mol. The Balaban J connectivity index is 1.56. The number of nitrogens with one attached hydrogen (secondary N) is 2. The Morgan fingerprint density at radius 3 is 2.64 bits per heavy atom. The van der Waals surface area contributed by atoms with Gasteiger partial charge in [0.05, 0.1) is 23.5 Å². The van der Waals surface area contributed by atoms with Crippen LogP contribution in [0, 0.1) is 0 Å². The highest BCUT2D eigenvalue weighted by atomic mass is 16.5. The normalized spacial score (nSPS) is 10.3. The summed E-state index contributed by atoms with van der Waals surface area (Å²) in [7, 11) is 0. The second-order valence-electron chi connectivity index (χ2n) is 6.36. The molecule has 28 heavy (non-hydrogen) atoms. The van der Waals surface area contributed by atoms with Crippen LogP contribution in [0.15, 0.2) is 73.1 Å². The predicted molar refractivity (Wildman–Crippen MR) is 113 cm³/mol. The molecule has 0 aliphatic rings. The molecule has 0 unspecified atom stereocenters. The molecule has 0 spiro atoms. The van der Waals surface area contributed by atoms with Crippen LogP contribution in [0.5, 0.6) is 5.75 Å². The van der Waals surface area contributed by atoms with Gasteiger partial charge in [-0.25, -0.2) is 0 Å². The van der Waals surface area contributed by atoms with Crippen LogP contribution in [-0.4, -0.2) is 24.0 Å². The largest absolute Gasteiger partial charge is 0.492 e. The van der Waals surface area contributed by atoms with Crippen LogP contribution in [0.3, 0.4) is 0 Å². The number of carbonyl (C=O) groups excluding carboxylic acids is 1. The lowest BCUT2D eigenvalue weighted by molar-refractivity contribution is 0.102. The molecular formula is C23H25N3O2. The molecule has 0 aliphatic heterocycles. The summed E-state index contributed by atoms with van der Waals surface area (Å²) in [6.07, 6.45) is 5.30. The molecule has 3 rings (SSSR count). The summed E-state index contributed by atoms with van der Waals surface area (Å²) < 4.78 is 5.56. The van der Waals surface area contributed by atoms with Crippen molar-refractivity contribution in [3.05, 3.63) is 84.2 Å². The molecule has 0 aliphatic carbocycles. The van der Waals surface area contributed by atoms with E-state index in [1.807, 2.05) is 43.3 Å². The number of amides is 1. The number of ether oxygens (including phenoxy) is 1. The number of hydrogen-bond acceptors (Lipinski definition) is 4. The van der Waals surface area contributed by atoms with E-state index in [4.69, 9.17) is 4.74 Å². The lowest BCUT2D eigenvalue weighted by atomic mass is 10.1. The molecule has 5 nitrogen and oxygen atoms in total. The number of hydrogen-bond donors (Lipinski definition) is 2. The first-order valence-corrected chi connectivity index (χ1v) is 9.52. The van der Waals surface area contributed by atoms with Crippen molar-refractivity contribution in [2.75, 3.05) is 23.8 Å². The Kier molecular flexibility index (Phi) is 7.01. The molecule has 0 saturated heterocycles. The minimum absolute atomic E-state index is 0.215. The van der Waals surface area contributed by atoms with Crippen molar-refractivity contribution in [2.45, 2.75) is 19.8 Å². The van der Waals surface area contributed by atoms with Gasteiger partial charge in [0.2, 0.25) is 0 Å². The van der Waals surface area contributed by atoms with Crippen molar-refractivity contribution < 1.29 is 9.53 Å². The van der Waals surface area contributed by atoms with Gasteiger partial charge >= 0.3 is 0 Å². The van der Waals surface area contributed by atoms with Gasteiger partial charge in [-0.2, -0.15) is 0 Å². The lowest BCUT2D eigenvalue weighted by Crippen LogP contribution is -2.14. The zero-order valence-electron chi connectivity index (χ0n) is 16.0. The molecule has 2 aromatic carbocycles. The third-order valence-corrected chi connectivity index (χ3v) is 4.25. The van der Waals surface area contributed by atoms with Gasteiger partial charge in [0, 0.05) is 18.9 Å². The third kappa shape index (κ3) is 5.58. The zero-order chi connectivity index (χ0) is 19.6. The third-order valence-electron chi connectivity index (χ3n) is 4.25. The average Bonchev–Trinajstić information content (AvgIpc) is 2.74. The molecule has 0 saturated carbocycles. The van der Waals surface area contributed by atoms with Crippen molar-refractivity contribution in [1.82, 2.24) is 4.98 Å². The Morgan fingerprint density at radius 2 is 1.82 bits per heavy atom. The summed E-state index contributed by atoms with van der Waals surface area (Å²) >= 11 is 0. The quantitative estimate of drug-likeness (QED) is 0.529. The van der Waals surface area contributed by atoms with Crippen LogP contribution in [-0.2, 0) is 6.42 Å². The van der Waals surface area contributed by atoms with E-state index in [-0.39, 0.29) is 5.91 Å². The maximum absolute atomic E-state index is 12.6. The molecule has 1 heterocycles. The number of nitrogens with zero attached hydrogens (tertiary/aromatic N) is 1. The summed E-state index contributed by atoms with van der Waals surface area (Å²) in [5.41, 5.74) is 3.30. The summed E-state index contributed by atoms with van der Waals surface area (Å²) in [5, 5.41) is 6.23. The number of rotatable bonds is 9. The average molecular weight is 375 g/mol. The fourth-order valence-electron chi connectivity index (χ4n) is 2.88. The highest BCUT2D eigenvalue weighted by Gasteiger charge is 2.10. The van der Waals surface area contributed by atoms with Gasteiger partial charge in [0.15, 0.2) is 0 Å². The van der Waals surface area contributed by atoms with Crippen molar-refractivity contribution >= 4 is 17.3 Å².